The SMILES string of the molecule is CCCCCC1CCC(C2CCC(C(=O)Oc3ccc(N4CCN(c5cc6c7c(c8c(c6cc5OC)OC(c5ccc(OC)cc5)(c5ccc(OC)cc5)C=C8O)C(C(F)(F)F)c5ccccc5-7)CC4)cc3)CC2)CC1. The molecule has 398 valence electrons. The van der Waals surface area contributed by atoms with Crippen molar-refractivity contribution in [1.29, 1.82) is 0 Å². The molecule has 2 saturated carbocycles. The second-order valence-corrected chi connectivity index (χ2v) is 21.7. The Morgan fingerprint density at radius 1 is 0.684 bits per heavy atom. The fourth-order valence-electron chi connectivity index (χ4n) is 13.5. The van der Waals surface area contributed by atoms with Gasteiger partial charge in [-0.2, -0.15) is 13.2 Å². The zero-order chi connectivity index (χ0) is 52.7. The van der Waals surface area contributed by atoms with Crippen LogP contribution in [0.1, 0.15) is 118 Å². The zero-order valence-corrected chi connectivity index (χ0v) is 44.1. The van der Waals surface area contributed by atoms with Crippen LogP contribution in [0.15, 0.2) is 115 Å². The molecule has 0 aromatic heterocycles. The smallest absolute Gasteiger partial charge is 0.399 e. The van der Waals surface area contributed by atoms with Crippen molar-refractivity contribution in [2.24, 2.45) is 23.7 Å². The van der Waals surface area contributed by atoms with Crippen LogP contribution in [0, 0.1) is 23.7 Å². The van der Waals surface area contributed by atoms with E-state index in [-0.39, 0.29) is 40.1 Å². The monoisotopic (exact) mass is 1030 g/mol. The standard InChI is InChI=1S/C64H69F3N2O7/c1-5-6-7-10-40-13-15-41(16-14-40)42-17-19-43(20-18-42)62(71)75-49-31-25-46(26-32-49)68-33-35-69(36-34-68)54-37-52-53(38-56(54)74-4)61-58(59-57(52)50-11-8-9-12-51(50)60(59)64(65,66)67)55(70)39-63(76-61,44-21-27-47(72-2)28-22-44)45-23-29-48(73-3)30-24-45/h8-9,11-12,21-32,37-43,60,70H,5-7,10,13-20,33-36H2,1-4H3. The fourth-order valence-corrected chi connectivity index (χ4v) is 13.5. The van der Waals surface area contributed by atoms with E-state index in [1.807, 2.05) is 60.7 Å². The first-order valence-corrected chi connectivity index (χ1v) is 27.5. The minimum Gasteiger partial charge on any atom is -0.507 e. The number of carbonyl (C=O) groups excluding carboxylic acids is 1. The summed E-state index contributed by atoms with van der Waals surface area (Å²) in [5.41, 5.74) is 2.38. The average Bonchev–Trinajstić information content (AvgIpc) is 3.93. The highest BCUT2D eigenvalue weighted by Crippen LogP contribution is 2.61. The summed E-state index contributed by atoms with van der Waals surface area (Å²) in [4.78, 5) is 17.9. The van der Waals surface area contributed by atoms with Crippen LogP contribution in [0.3, 0.4) is 0 Å². The maximum Gasteiger partial charge on any atom is 0.399 e. The van der Waals surface area contributed by atoms with Gasteiger partial charge in [-0.1, -0.05) is 94.0 Å². The van der Waals surface area contributed by atoms with Crippen molar-refractivity contribution in [2.45, 2.75) is 102 Å². The average molecular weight is 1040 g/mol. The summed E-state index contributed by atoms with van der Waals surface area (Å²) in [7, 11) is 4.73. The topological polar surface area (TPSA) is 89.9 Å². The van der Waals surface area contributed by atoms with Crippen molar-refractivity contribution in [1.82, 2.24) is 0 Å². The molecule has 0 amide bonds. The van der Waals surface area contributed by atoms with Gasteiger partial charge in [0.15, 0.2) is 5.60 Å². The molecule has 3 aliphatic carbocycles. The molecular weight excluding hydrogens is 966 g/mol. The van der Waals surface area contributed by atoms with Crippen molar-refractivity contribution >= 4 is 33.9 Å². The molecule has 9 nitrogen and oxygen atoms in total. The largest absolute Gasteiger partial charge is 0.507 e. The number of hydrogen-bond donors (Lipinski definition) is 1. The third-order valence-corrected chi connectivity index (χ3v) is 17.6. The number of hydrogen-bond acceptors (Lipinski definition) is 9. The number of benzene rings is 6. The van der Waals surface area contributed by atoms with Gasteiger partial charge in [0, 0.05) is 54.5 Å². The van der Waals surface area contributed by atoms with Gasteiger partial charge in [0.25, 0.3) is 0 Å². The van der Waals surface area contributed by atoms with Gasteiger partial charge in [0.1, 0.15) is 40.4 Å². The van der Waals surface area contributed by atoms with E-state index >= 15 is 13.2 Å². The number of methoxy groups -OCH3 is 3. The summed E-state index contributed by atoms with van der Waals surface area (Å²) < 4.78 is 77.6. The second kappa shape index (κ2) is 21.3. The Morgan fingerprint density at radius 2 is 1.28 bits per heavy atom. The fraction of sp³-hybridized carbons (Fsp3) is 0.422. The normalized spacial score (nSPS) is 21.9. The second-order valence-electron chi connectivity index (χ2n) is 21.7. The van der Waals surface area contributed by atoms with E-state index in [9.17, 15) is 9.90 Å². The lowest BCUT2D eigenvalue weighted by Crippen LogP contribution is -2.46. The third-order valence-electron chi connectivity index (χ3n) is 17.6. The highest BCUT2D eigenvalue weighted by Gasteiger charge is 2.52. The van der Waals surface area contributed by atoms with Gasteiger partial charge in [0.05, 0.1) is 38.5 Å². The Balaban J connectivity index is 0.853. The van der Waals surface area contributed by atoms with E-state index in [0.29, 0.717) is 82.2 Å². The van der Waals surface area contributed by atoms with Gasteiger partial charge in [-0.3, -0.25) is 4.79 Å². The molecule has 0 bridgehead atoms. The number of esters is 1. The van der Waals surface area contributed by atoms with Crippen molar-refractivity contribution in [3.8, 4) is 39.9 Å². The van der Waals surface area contributed by atoms with Crippen LogP contribution in [0.4, 0.5) is 24.5 Å². The first-order chi connectivity index (χ1) is 36.9. The zero-order valence-electron chi connectivity index (χ0n) is 44.1. The highest BCUT2D eigenvalue weighted by molar-refractivity contribution is 6.10. The maximum atomic E-state index is 15.7. The van der Waals surface area contributed by atoms with E-state index in [2.05, 4.69) is 16.7 Å². The molecular formula is C64H69F3N2O7. The van der Waals surface area contributed by atoms with Gasteiger partial charge < -0.3 is 38.6 Å². The number of ether oxygens (including phenoxy) is 5. The number of unbranched alkanes of at least 4 members (excludes halogenated alkanes) is 2. The lowest BCUT2D eigenvalue weighted by Gasteiger charge is -2.39. The Labute approximate surface area is 444 Å². The van der Waals surface area contributed by atoms with Crippen LogP contribution in [-0.4, -0.2) is 64.8 Å². The molecule has 1 atom stereocenters. The van der Waals surface area contributed by atoms with Crippen molar-refractivity contribution in [3.63, 3.8) is 0 Å². The summed E-state index contributed by atoms with van der Waals surface area (Å²) in [5, 5.41) is 13.5. The number of aliphatic hydroxyl groups excluding tert-OH is 1. The summed E-state index contributed by atoms with van der Waals surface area (Å²) in [5.74, 6) is 2.28. The number of carbonyl (C=O) groups is 1. The van der Waals surface area contributed by atoms with Crippen LogP contribution in [-0.2, 0) is 10.4 Å². The highest BCUT2D eigenvalue weighted by atomic mass is 19.4. The quantitative estimate of drug-likeness (QED) is 0.0651. The van der Waals surface area contributed by atoms with Crippen LogP contribution >= 0.6 is 0 Å². The number of nitrogens with zero attached hydrogens (tertiary/aromatic N) is 2. The van der Waals surface area contributed by atoms with E-state index < -0.39 is 17.7 Å². The maximum absolute atomic E-state index is 15.7. The van der Waals surface area contributed by atoms with Crippen LogP contribution in [0.2, 0.25) is 0 Å². The number of aliphatic hydroxyl groups is 1. The lowest BCUT2D eigenvalue weighted by atomic mass is 9.68. The predicted octanol–water partition coefficient (Wildman–Crippen LogP) is 15.2. The third kappa shape index (κ3) is 9.59. The first kappa shape index (κ1) is 51.3. The Bertz CT molecular complexity index is 3030. The summed E-state index contributed by atoms with van der Waals surface area (Å²) >= 11 is 0. The first-order valence-electron chi connectivity index (χ1n) is 27.5. The van der Waals surface area contributed by atoms with E-state index in [1.54, 1.807) is 63.8 Å². The molecule has 0 radical (unpaired) electrons. The molecule has 1 saturated heterocycles. The molecule has 12 heteroatoms. The summed E-state index contributed by atoms with van der Waals surface area (Å²) in [6, 6.07) is 32.7. The van der Waals surface area contributed by atoms with Gasteiger partial charge in [-0.05, 0) is 145 Å². The minimum absolute atomic E-state index is 0.00854. The van der Waals surface area contributed by atoms with Crippen LogP contribution in [0.5, 0.6) is 28.7 Å². The number of fused-ring (bicyclic) bond motifs is 8. The molecule has 5 aliphatic rings. The van der Waals surface area contributed by atoms with Gasteiger partial charge in [-0.25, -0.2) is 0 Å². The van der Waals surface area contributed by atoms with E-state index in [0.717, 1.165) is 54.8 Å². The minimum atomic E-state index is -4.71. The number of alkyl halides is 3. The van der Waals surface area contributed by atoms with Crippen molar-refractivity contribution < 1.29 is 46.8 Å². The molecule has 0 spiro atoms. The molecule has 6 aromatic rings. The Kier molecular flexibility index (Phi) is 14.4. The molecule has 6 aromatic carbocycles. The predicted molar refractivity (Wildman–Crippen MR) is 293 cm³/mol. The molecule has 1 N–H and O–H groups in total. The Hall–Kier alpha value is -6.82. The van der Waals surface area contributed by atoms with Gasteiger partial charge >= 0.3 is 12.1 Å². The molecule has 1 unspecified atom stereocenters. The Morgan fingerprint density at radius 3 is 1.87 bits per heavy atom. The van der Waals surface area contributed by atoms with Gasteiger partial charge in [0.2, 0.25) is 0 Å². The molecule has 2 heterocycles. The van der Waals surface area contributed by atoms with Crippen LogP contribution in [0.25, 0.3) is 27.7 Å². The van der Waals surface area contributed by atoms with Crippen molar-refractivity contribution in [3.05, 3.63) is 143 Å². The number of anilines is 2. The molecule has 3 fully saturated rings. The lowest BCUT2D eigenvalue weighted by molar-refractivity contribution is -0.141. The number of rotatable bonds is 14. The summed E-state index contributed by atoms with van der Waals surface area (Å²) in [6.45, 7) is 4.77. The molecule has 76 heavy (non-hydrogen) atoms. The van der Waals surface area contributed by atoms with Gasteiger partial charge in [-0.15, -0.1) is 0 Å². The molecule has 11 rings (SSSR count). The van der Waals surface area contributed by atoms with Crippen LogP contribution < -0.4 is 33.5 Å². The van der Waals surface area contributed by atoms with Crippen molar-refractivity contribution in [2.75, 3.05) is 57.3 Å². The number of halogens is 3. The number of piperazine rings is 1. The molecule has 2 aliphatic heterocycles. The summed E-state index contributed by atoms with van der Waals surface area (Å²) in [6.07, 6.45) is 11.7. The van der Waals surface area contributed by atoms with E-state index in [4.69, 9.17) is 23.7 Å². The van der Waals surface area contributed by atoms with E-state index in [1.165, 1.54) is 63.5 Å².